The number of fused-ring (bicyclic) bond motifs is 3. The minimum absolute atomic E-state index is 0. The molecule has 5 heteroatoms. The van der Waals surface area contributed by atoms with Gasteiger partial charge in [0.25, 0.3) is 0 Å². The van der Waals surface area contributed by atoms with Crippen molar-refractivity contribution in [3.63, 3.8) is 0 Å². The average Bonchev–Trinajstić information content (AvgIpc) is 3.22. The van der Waals surface area contributed by atoms with Crippen LogP contribution in [0.5, 0.6) is 0 Å². The number of nitrogens with zero attached hydrogens (tertiary/aromatic N) is 4. The number of pyridine rings is 4. The molecule has 257 valence electrons. The Kier molecular flexibility index (Phi) is 10.7. The zero-order valence-electron chi connectivity index (χ0n) is 29.3. The molecule has 0 amide bonds. The Labute approximate surface area is 323 Å². The summed E-state index contributed by atoms with van der Waals surface area (Å²) in [6.45, 7) is 4.27. The molecule has 0 bridgehead atoms. The molecule has 0 saturated carbocycles. The maximum atomic E-state index is 4.74. The van der Waals surface area contributed by atoms with Gasteiger partial charge in [-0.2, -0.15) is 0 Å². The number of hydrogen-bond acceptors (Lipinski definition) is 4. The Morgan fingerprint density at radius 3 is 2.06 bits per heavy atom. The summed E-state index contributed by atoms with van der Waals surface area (Å²) in [5.41, 5.74) is 14.0. The molecule has 9 aromatic rings. The van der Waals surface area contributed by atoms with E-state index in [2.05, 4.69) is 115 Å². The molecular formula is C48H34IrN4-2. The van der Waals surface area contributed by atoms with E-state index in [9.17, 15) is 0 Å². The molecule has 0 aliphatic heterocycles. The van der Waals surface area contributed by atoms with Gasteiger partial charge in [-0.1, -0.05) is 77.9 Å². The molecule has 53 heavy (non-hydrogen) atoms. The first kappa shape index (κ1) is 35.3. The molecule has 4 nitrogen and oxygen atoms in total. The second-order valence-corrected chi connectivity index (χ2v) is 12.7. The third kappa shape index (κ3) is 7.59. The predicted molar refractivity (Wildman–Crippen MR) is 213 cm³/mol. The maximum Gasteiger partial charge on any atom is 0.0714 e. The van der Waals surface area contributed by atoms with Gasteiger partial charge in [-0.25, -0.2) is 0 Å². The Bertz CT molecular complexity index is 2610. The van der Waals surface area contributed by atoms with Gasteiger partial charge in [0.1, 0.15) is 0 Å². The molecular weight excluding hydrogens is 825 g/mol. The first-order valence-electron chi connectivity index (χ1n) is 17.3. The largest absolute Gasteiger partial charge is 0.305 e. The van der Waals surface area contributed by atoms with Gasteiger partial charge in [0.2, 0.25) is 0 Å². The van der Waals surface area contributed by atoms with Crippen LogP contribution in [0.25, 0.3) is 77.6 Å². The first-order chi connectivity index (χ1) is 25.6. The van der Waals surface area contributed by atoms with E-state index >= 15 is 0 Å². The molecule has 4 heterocycles. The second kappa shape index (κ2) is 16.0. The smallest absolute Gasteiger partial charge is 0.0714 e. The van der Waals surface area contributed by atoms with Gasteiger partial charge in [0, 0.05) is 62.0 Å². The van der Waals surface area contributed by atoms with Crippen molar-refractivity contribution in [1.82, 2.24) is 19.9 Å². The van der Waals surface area contributed by atoms with Gasteiger partial charge in [-0.15, -0.1) is 65.7 Å². The minimum atomic E-state index is 0. The van der Waals surface area contributed by atoms with Crippen LogP contribution in [0.1, 0.15) is 11.1 Å². The fraction of sp³-hybridized carbons (Fsp3) is 0.0417. The van der Waals surface area contributed by atoms with Gasteiger partial charge >= 0.3 is 0 Å². The van der Waals surface area contributed by atoms with Gasteiger partial charge < -0.3 is 9.97 Å². The summed E-state index contributed by atoms with van der Waals surface area (Å²) >= 11 is 0. The van der Waals surface area contributed by atoms with Crippen LogP contribution >= 0.6 is 0 Å². The Morgan fingerprint density at radius 1 is 0.453 bits per heavy atom. The van der Waals surface area contributed by atoms with Crippen molar-refractivity contribution < 1.29 is 20.1 Å². The van der Waals surface area contributed by atoms with E-state index in [0.717, 1.165) is 55.7 Å². The molecule has 0 N–H and O–H groups in total. The van der Waals surface area contributed by atoms with Crippen molar-refractivity contribution >= 4 is 21.7 Å². The molecule has 0 unspecified atom stereocenters. The first-order valence-corrected chi connectivity index (χ1v) is 17.3. The summed E-state index contributed by atoms with van der Waals surface area (Å²) in [6.07, 6.45) is 9.44. The van der Waals surface area contributed by atoms with Crippen LogP contribution in [0, 0.1) is 26.0 Å². The van der Waals surface area contributed by atoms with Crippen LogP contribution in [-0.4, -0.2) is 19.9 Å². The topological polar surface area (TPSA) is 51.6 Å². The number of benzene rings is 5. The third-order valence-electron chi connectivity index (χ3n) is 9.29. The number of aryl methyl sites for hydroxylation is 1. The third-order valence-corrected chi connectivity index (χ3v) is 9.29. The zero-order valence-corrected chi connectivity index (χ0v) is 31.7. The summed E-state index contributed by atoms with van der Waals surface area (Å²) in [6, 6.07) is 54.2. The molecule has 0 saturated heterocycles. The average molecular weight is 859 g/mol. The van der Waals surface area contributed by atoms with E-state index in [4.69, 9.17) is 9.97 Å². The van der Waals surface area contributed by atoms with Gasteiger partial charge in [-0.05, 0) is 94.2 Å². The number of rotatable bonds is 5. The Balaban J connectivity index is 0.000000284. The van der Waals surface area contributed by atoms with Crippen LogP contribution in [-0.2, 0) is 20.1 Å². The van der Waals surface area contributed by atoms with Gasteiger partial charge in [0.05, 0.1) is 5.52 Å². The van der Waals surface area contributed by atoms with Crippen molar-refractivity contribution in [1.29, 1.82) is 0 Å². The summed E-state index contributed by atoms with van der Waals surface area (Å²) < 4.78 is 0. The molecule has 0 atom stereocenters. The van der Waals surface area contributed by atoms with E-state index in [1.54, 1.807) is 6.20 Å². The predicted octanol–water partition coefficient (Wildman–Crippen LogP) is 11.8. The molecule has 4 aromatic heterocycles. The van der Waals surface area contributed by atoms with Crippen molar-refractivity contribution in [2.24, 2.45) is 0 Å². The van der Waals surface area contributed by atoms with Crippen molar-refractivity contribution in [2.75, 3.05) is 0 Å². The molecule has 5 aromatic carbocycles. The molecule has 0 spiro atoms. The van der Waals surface area contributed by atoms with Crippen LogP contribution < -0.4 is 0 Å². The van der Waals surface area contributed by atoms with Gasteiger partial charge in [-0.3, -0.25) is 9.97 Å². The Morgan fingerprint density at radius 2 is 1.25 bits per heavy atom. The Hall–Kier alpha value is -6.13. The number of aromatic nitrogens is 4. The van der Waals surface area contributed by atoms with Crippen LogP contribution in [0.3, 0.4) is 0 Å². The second-order valence-electron chi connectivity index (χ2n) is 12.7. The van der Waals surface area contributed by atoms with Gasteiger partial charge in [0.15, 0.2) is 0 Å². The summed E-state index contributed by atoms with van der Waals surface area (Å²) in [5, 5.41) is 3.53. The standard InChI is InChI=1S/C37H26N3.C11H8N.Ir/c1-24-15-17-40-36(18-24)29-11-6-10-28(19-29)34-22-38-23-35(25(34)2)33-21-37-31(12-7-16-39-37)30-14-13-27(20-32(30)33)26-8-4-3-5-9-26;1-2-6-10(7-3-1)11-8-4-5-9-12-11;/h3-10,12-23H,1-2H3;1-6,8-9H;/q2*-1;. The SMILES string of the molecule is Cc1ccnc(-c2[c-]ccc(-c3cncc(-c4cc5ncccc5c5ccc(-c6ccccc6)cc45)c3C)c2)c1.[Ir].[c-]1ccccc1-c1ccccn1. The molecule has 1 radical (unpaired) electrons. The van der Waals surface area contributed by atoms with E-state index in [1.165, 1.54) is 33.0 Å². The van der Waals surface area contributed by atoms with Crippen LogP contribution in [0.15, 0.2) is 171 Å². The van der Waals surface area contributed by atoms with E-state index < -0.39 is 0 Å². The van der Waals surface area contributed by atoms with E-state index in [0.29, 0.717) is 0 Å². The summed E-state index contributed by atoms with van der Waals surface area (Å²) in [5.74, 6) is 0. The summed E-state index contributed by atoms with van der Waals surface area (Å²) in [7, 11) is 0. The fourth-order valence-corrected chi connectivity index (χ4v) is 6.64. The van der Waals surface area contributed by atoms with Crippen molar-refractivity contribution in [2.45, 2.75) is 13.8 Å². The summed E-state index contributed by atoms with van der Waals surface area (Å²) in [4.78, 5) is 18.3. The normalized spacial score (nSPS) is 10.7. The molecule has 9 rings (SSSR count). The minimum Gasteiger partial charge on any atom is -0.305 e. The number of hydrogen-bond donors (Lipinski definition) is 0. The molecule has 0 fully saturated rings. The van der Waals surface area contributed by atoms with Crippen molar-refractivity contribution in [3.8, 4) is 55.9 Å². The fourth-order valence-electron chi connectivity index (χ4n) is 6.64. The van der Waals surface area contributed by atoms with E-state index in [-0.39, 0.29) is 20.1 Å². The van der Waals surface area contributed by atoms with E-state index in [1.807, 2.05) is 85.5 Å². The maximum absolute atomic E-state index is 4.74. The monoisotopic (exact) mass is 859 g/mol. The van der Waals surface area contributed by atoms with Crippen LogP contribution in [0.4, 0.5) is 0 Å². The molecule has 0 aliphatic rings. The van der Waals surface area contributed by atoms with Crippen LogP contribution in [0.2, 0.25) is 0 Å². The zero-order chi connectivity index (χ0) is 35.3. The quantitative estimate of drug-likeness (QED) is 0.128. The molecule has 0 aliphatic carbocycles. The van der Waals surface area contributed by atoms with Crippen molar-refractivity contribution in [3.05, 3.63) is 194 Å².